The standard InChI is InChI=1S/C24H24N8O2S/c1-3-12-32-21(19-13-33-17-10-6-7-11-18(17)34-19)30-31-24(32)35-14-20-27-22(25)29-23(28-20)26-16-9-5-4-8-15(16)2/h3-11,19H,1,12-14H2,2H3,(H3,25,26,27,28,29)/t19-/m0/s1. The van der Waals surface area contributed by atoms with E-state index >= 15 is 0 Å². The average molecular weight is 489 g/mol. The van der Waals surface area contributed by atoms with Gasteiger partial charge < -0.3 is 20.5 Å². The molecule has 0 fully saturated rings. The number of thioether (sulfide) groups is 1. The average Bonchev–Trinajstić information content (AvgIpc) is 3.26. The number of fused-ring (bicyclic) bond motifs is 1. The van der Waals surface area contributed by atoms with Gasteiger partial charge in [0.05, 0.1) is 5.75 Å². The van der Waals surface area contributed by atoms with Gasteiger partial charge in [-0.15, -0.1) is 16.8 Å². The van der Waals surface area contributed by atoms with Crippen molar-refractivity contribution in [2.24, 2.45) is 0 Å². The minimum atomic E-state index is -0.385. The number of nitrogens with one attached hydrogen (secondary N) is 1. The van der Waals surface area contributed by atoms with Crippen molar-refractivity contribution < 1.29 is 9.47 Å². The Kier molecular flexibility index (Phi) is 6.49. The van der Waals surface area contributed by atoms with Crippen molar-refractivity contribution in [1.29, 1.82) is 0 Å². The molecule has 1 aliphatic rings. The molecule has 0 amide bonds. The first-order valence-electron chi connectivity index (χ1n) is 11.0. The van der Waals surface area contributed by atoms with Crippen LogP contribution in [0.15, 0.2) is 66.3 Å². The van der Waals surface area contributed by atoms with Crippen LogP contribution in [-0.4, -0.2) is 36.3 Å². The van der Waals surface area contributed by atoms with E-state index in [1.807, 2.05) is 60.0 Å². The summed E-state index contributed by atoms with van der Waals surface area (Å²) in [5, 5.41) is 12.7. The molecule has 11 heteroatoms. The third-order valence-electron chi connectivity index (χ3n) is 5.27. The molecule has 0 saturated carbocycles. The summed E-state index contributed by atoms with van der Waals surface area (Å²) in [6.07, 6.45) is 1.41. The fraction of sp³-hybridized carbons (Fsp3) is 0.208. The Labute approximate surface area is 206 Å². The van der Waals surface area contributed by atoms with Gasteiger partial charge in [-0.05, 0) is 30.7 Å². The molecule has 178 valence electrons. The van der Waals surface area contributed by atoms with E-state index in [1.54, 1.807) is 6.08 Å². The van der Waals surface area contributed by atoms with Crippen molar-refractivity contribution in [3.05, 3.63) is 78.4 Å². The second-order valence-electron chi connectivity index (χ2n) is 7.77. The van der Waals surface area contributed by atoms with Crippen LogP contribution in [0.1, 0.15) is 23.3 Å². The topological polar surface area (TPSA) is 126 Å². The van der Waals surface area contributed by atoms with Crippen LogP contribution in [0.5, 0.6) is 11.5 Å². The molecule has 1 aliphatic heterocycles. The van der Waals surface area contributed by atoms with Crippen molar-refractivity contribution in [1.82, 2.24) is 29.7 Å². The summed E-state index contributed by atoms with van der Waals surface area (Å²) in [5.74, 6) is 3.55. The summed E-state index contributed by atoms with van der Waals surface area (Å²) >= 11 is 1.45. The number of hydrogen-bond acceptors (Lipinski definition) is 10. The number of aryl methyl sites for hydroxylation is 1. The third kappa shape index (κ3) is 5.04. The van der Waals surface area contributed by atoms with E-state index in [2.05, 4.69) is 37.0 Å². The van der Waals surface area contributed by atoms with Crippen LogP contribution in [0.3, 0.4) is 0 Å². The molecule has 10 nitrogen and oxygen atoms in total. The first-order chi connectivity index (χ1) is 17.1. The zero-order chi connectivity index (χ0) is 24.2. The first-order valence-corrected chi connectivity index (χ1v) is 12.0. The van der Waals surface area contributed by atoms with Crippen LogP contribution < -0.4 is 20.5 Å². The molecule has 0 saturated heterocycles. The number of rotatable bonds is 8. The monoisotopic (exact) mass is 488 g/mol. The van der Waals surface area contributed by atoms with E-state index in [0.717, 1.165) is 17.0 Å². The zero-order valence-corrected chi connectivity index (χ0v) is 19.9. The summed E-state index contributed by atoms with van der Waals surface area (Å²) < 4.78 is 13.9. The largest absolute Gasteiger partial charge is 0.485 e. The Bertz CT molecular complexity index is 1360. The Balaban J connectivity index is 1.33. The molecule has 2 aromatic carbocycles. The molecule has 0 spiro atoms. The quantitative estimate of drug-likeness (QED) is 0.277. The van der Waals surface area contributed by atoms with Gasteiger partial charge >= 0.3 is 0 Å². The molecular weight excluding hydrogens is 464 g/mol. The number of anilines is 3. The van der Waals surface area contributed by atoms with Gasteiger partial charge in [-0.25, -0.2) is 0 Å². The second kappa shape index (κ2) is 10.0. The van der Waals surface area contributed by atoms with Crippen LogP contribution in [0.25, 0.3) is 0 Å². The Morgan fingerprint density at radius 2 is 1.91 bits per heavy atom. The number of benzene rings is 2. The van der Waals surface area contributed by atoms with E-state index in [9.17, 15) is 0 Å². The Morgan fingerprint density at radius 3 is 2.74 bits per heavy atom. The van der Waals surface area contributed by atoms with E-state index in [1.165, 1.54) is 11.8 Å². The normalized spacial score (nSPS) is 14.5. The van der Waals surface area contributed by atoms with Crippen molar-refractivity contribution in [3.63, 3.8) is 0 Å². The summed E-state index contributed by atoms with van der Waals surface area (Å²) in [7, 11) is 0. The molecule has 4 aromatic rings. The Morgan fingerprint density at radius 1 is 1.11 bits per heavy atom. The summed E-state index contributed by atoms with van der Waals surface area (Å²) in [4.78, 5) is 13.0. The summed E-state index contributed by atoms with van der Waals surface area (Å²) in [5.41, 5.74) is 7.93. The van der Waals surface area contributed by atoms with Crippen LogP contribution in [-0.2, 0) is 12.3 Å². The lowest BCUT2D eigenvalue weighted by Gasteiger charge is -2.26. The molecule has 35 heavy (non-hydrogen) atoms. The van der Waals surface area contributed by atoms with Gasteiger partial charge in [0, 0.05) is 12.2 Å². The highest BCUT2D eigenvalue weighted by atomic mass is 32.2. The van der Waals surface area contributed by atoms with Crippen molar-refractivity contribution in [2.75, 3.05) is 17.7 Å². The van der Waals surface area contributed by atoms with Gasteiger partial charge in [0.25, 0.3) is 0 Å². The van der Waals surface area contributed by atoms with Gasteiger partial charge in [0.15, 0.2) is 28.6 Å². The molecule has 3 heterocycles. The van der Waals surface area contributed by atoms with E-state index in [-0.39, 0.29) is 12.1 Å². The van der Waals surface area contributed by atoms with Gasteiger partial charge in [0.2, 0.25) is 11.9 Å². The Hall–Kier alpha value is -4.12. The number of aromatic nitrogens is 6. The lowest BCUT2D eigenvalue weighted by Crippen LogP contribution is -2.25. The first kappa shape index (κ1) is 22.7. The number of allylic oxidation sites excluding steroid dienone is 1. The minimum Gasteiger partial charge on any atom is -0.485 e. The highest BCUT2D eigenvalue weighted by Crippen LogP contribution is 2.36. The zero-order valence-electron chi connectivity index (χ0n) is 19.1. The maximum absolute atomic E-state index is 6.13. The second-order valence-corrected chi connectivity index (χ2v) is 8.71. The number of nitrogen functional groups attached to an aromatic ring is 1. The molecular formula is C24H24N8O2S. The predicted octanol–water partition coefficient (Wildman–Crippen LogP) is 4.09. The molecule has 0 unspecified atom stereocenters. The number of nitrogens with zero attached hydrogens (tertiary/aromatic N) is 6. The fourth-order valence-corrected chi connectivity index (χ4v) is 4.42. The van der Waals surface area contributed by atoms with Gasteiger partial charge in [-0.2, -0.15) is 15.0 Å². The number of para-hydroxylation sites is 3. The highest BCUT2D eigenvalue weighted by molar-refractivity contribution is 7.98. The maximum atomic E-state index is 6.13. The van der Waals surface area contributed by atoms with Gasteiger partial charge in [-0.3, -0.25) is 4.57 Å². The number of nitrogens with two attached hydrogens (primary N) is 1. The van der Waals surface area contributed by atoms with Crippen LogP contribution in [0, 0.1) is 6.92 Å². The molecule has 3 N–H and O–H groups in total. The summed E-state index contributed by atoms with van der Waals surface area (Å²) in [6, 6.07) is 15.5. The van der Waals surface area contributed by atoms with Crippen molar-refractivity contribution >= 4 is 29.3 Å². The molecule has 0 bridgehead atoms. The molecule has 0 aliphatic carbocycles. The fourth-order valence-electron chi connectivity index (χ4n) is 3.61. The molecule has 1 atom stereocenters. The number of ether oxygens (including phenoxy) is 2. The van der Waals surface area contributed by atoms with E-state index in [0.29, 0.717) is 47.4 Å². The molecule has 2 aromatic heterocycles. The maximum Gasteiger partial charge on any atom is 0.232 e. The number of hydrogen-bond donors (Lipinski definition) is 2. The van der Waals surface area contributed by atoms with E-state index < -0.39 is 0 Å². The third-order valence-corrected chi connectivity index (χ3v) is 6.24. The summed E-state index contributed by atoms with van der Waals surface area (Å²) in [6.45, 7) is 6.74. The van der Waals surface area contributed by atoms with Crippen LogP contribution in [0.4, 0.5) is 17.6 Å². The minimum absolute atomic E-state index is 0.145. The smallest absolute Gasteiger partial charge is 0.232 e. The molecule has 0 radical (unpaired) electrons. The predicted molar refractivity (Wildman–Crippen MR) is 134 cm³/mol. The highest BCUT2D eigenvalue weighted by Gasteiger charge is 2.28. The van der Waals surface area contributed by atoms with E-state index in [4.69, 9.17) is 15.2 Å². The van der Waals surface area contributed by atoms with Crippen molar-refractivity contribution in [3.8, 4) is 11.5 Å². The van der Waals surface area contributed by atoms with Crippen molar-refractivity contribution in [2.45, 2.75) is 30.5 Å². The lowest BCUT2D eigenvalue weighted by atomic mass is 10.2. The lowest BCUT2D eigenvalue weighted by molar-refractivity contribution is 0.0821. The van der Waals surface area contributed by atoms with Gasteiger partial charge in [-0.1, -0.05) is 48.2 Å². The van der Waals surface area contributed by atoms with Crippen LogP contribution in [0.2, 0.25) is 0 Å². The van der Waals surface area contributed by atoms with Crippen LogP contribution >= 0.6 is 11.8 Å². The molecule has 5 rings (SSSR count). The van der Waals surface area contributed by atoms with Gasteiger partial charge in [0.1, 0.15) is 12.4 Å². The SMILES string of the molecule is C=CCn1c(SCc2nc(N)nc(Nc3ccccc3C)n2)nnc1[C@@H]1COc2ccccc2O1.